The van der Waals surface area contributed by atoms with Gasteiger partial charge >= 0.3 is 24.1 Å². The van der Waals surface area contributed by atoms with Gasteiger partial charge in [-0.3, -0.25) is 9.59 Å². The van der Waals surface area contributed by atoms with Gasteiger partial charge in [-0.2, -0.15) is 0 Å². The van der Waals surface area contributed by atoms with E-state index in [4.69, 9.17) is 23.7 Å². The maximum atomic E-state index is 12.4. The third-order valence-electron chi connectivity index (χ3n) is 7.47. The molecule has 14 heteroatoms. The van der Waals surface area contributed by atoms with Gasteiger partial charge in [0.2, 0.25) is 0 Å². The Morgan fingerprint density at radius 2 is 0.914 bits per heavy atom. The van der Waals surface area contributed by atoms with Gasteiger partial charge in [0, 0.05) is 52.2 Å². The summed E-state index contributed by atoms with van der Waals surface area (Å²) in [7, 11) is 0. The van der Waals surface area contributed by atoms with Gasteiger partial charge in [0.05, 0.1) is 26.4 Å². The second kappa shape index (κ2) is 25.3. The summed E-state index contributed by atoms with van der Waals surface area (Å²) in [6.07, 6.45) is -0.635. The number of amides is 3. The third-order valence-corrected chi connectivity index (χ3v) is 7.47. The van der Waals surface area contributed by atoms with Crippen molar-refractivity contribution in [2.45, 2.75) is 13.8 Å². The predicted octanol–water partition coefficient (Wildman–Crippen LogP) is 6.32. The largest absolute Gasteiger partial charge is 0.460 e. The normalized spacial score (nSPS) is 10.1. The molecule has 4 rings (SSSR count). The zero-order chi connectivity index (χ0) is 42.1. The van der Waals surface area contributed by atoms with E-state index in [1.54, 1.807) is 98.8 Å². The van der Waals surface area contributed by atoms with Crippen LogP contribution in [0.2, 0.25) is 0 Å². The van der Waals surface area contributed by atoms with Gasteiger partial charge in [-0.1, -0.05) is 73.8 Å². The van der Waals surface area contributed by atoms with Gasteiger partial charge in [-0.05, 0) is 62.4 Å². The van der Waals surface area contributed by atoms with Crippen molar-refractivity contribution in [2.24, 2.45) is 0 Å². The number of urea groups is 1. The number of hydrogen-bond donors (Lipinski definition) is 3. The van der Waals surface area contributed by atoms with Gasteiger partial charge in [0.15, 0.2) is 11.6 Å². The van der Waals surface area contributed by atoms with E-state index in [-0.39, 0.29) is 63.8 Å². The molecule has 0 atom stereocenters. The van der Waals surface area contributed by atoms with Crippen LogP contribution in [0.3, 0.4) is 0 Å². The Bertz CT molecular complexity index is 1840. The van der Waals surface area contributed by atoms with E-state index in [1.165, 1.54) is 0 Å². The first-order valence-corrected chi connectivity index (χ1v) is 18.2. The fourth-order valence-corrected chi connectivity index (χ4v) is 4.51. The van der Waals surface area contributed by atoms with Crippen molar-refractivity contribution in [3.8, 4) is 5.75 Å². The molecule has 4 aromatic rings. The highest BCUT2D eigenvalue weighted by molar-refractivity contribution is 6.09. The molecule has 4 aromatic carbocycles. The van der Waals surface area contributed by atoms with Crippen LogP contribution in [-0.2, 0) is 28.5 Å². The Morgan fingerprint density at radius 1 is 0.500 bits per heavy atom. The topological polar surface area (TPSA) is 185 Å². The van der Waals surface area contributed by atoms with Crippen molar-refractivity contribution in [1.29, 1.82) is 0 Å². The van der Waals surface area contributed by atoms with Crippen LogP contribution in [-0.4, -0.2) is 88.4 Å². The summed E-state index contributed by atoms with van der Waals surface area (Å²) in [4.78, 5) is 70.7. The number of hydrogen-bond acceptors (Lipinski definition) is 11. The Balaban J connectivity index is 0.000000310. The summed E-state index contributed by atoms with van der Waals surface area (Å²) >= 11 is 0. The molecule has 0 aliphatic rings. The highest BCUT2D eigenvalue weighted by Crippen LogP contribution is 2.16. The molecule has 0 aromatic heterocycles. The molecule has 0 saturated heterocycles. The fourth-order valence-electron chi connectivity index (χ4n) is 4.51. The van der Waals surface area contributed by atoms with Crippen LogP contribution in [0.25, 0.3) is 0 Å². The minimum atomic E-state index is -0.635. The molecule has 0 unspecified atom stereocenters. The summed E-state index contributed by atoms with van der Waals surface area (Å²) in [5, 5.41) is 7.87. The van der Waals surface area contributed by atoms with Gasteiger partial charge in [0.25, 0.3) is 0 Å². The Labute approximate surface area is 337 Å². The first kappa shape index (κ1) is 45.5. The summed E-state index contributed by atoms with van der Waals surface area (Å²) in [6, 6.07) is 30.5. The van der Waals surface area contributed by atoms with Crippen LogP contribution in [0.4, 0.5) is 15.3 Å². The van der Waals surface area contributed by atoms with E-state index in [9.17, 15) is 28.8 Å². The minimum Gasteiger partial charge on any atom is -0.460 e. The van der Waals surface area contributed by atoms with E-state index in [2.05, 4.69) is 29.1 Å². The zero-order valence-electron chi connectivity index (χ0n) is 32.5. The lowest BCUT2D eigenvalue weighted by Crippen LogP contribution is -2.31. The van der Waals surface area contributed by atoms with Crippen LogP contribution in [0.5, 0.6) is 5.75 Å². The number of ether oxygens (including phenoxy) is 5. The number of benzene rings is 4. The zero-order valence-corrected chi connectivity index (χ0v) is 32.5. The molecular formula is C44H47N3O11. The second-order valence-electron chi connectivity index (χ2n) is 12.2. The molecule has 58 heavy (non-hydrogen) atoms. The molecule has 0 saturated carbocycles. The number of esters is 2. The van der Waals surface area contributed by atoms with E-state index < -0.39 is 18.0 Å². The quantitative estimate of drug-likeness (QED) is 0.0394. The lowest BCUT2D eigenvalue weighted by atomic mass is 10.0. The average Bonchev–Trinajstić information content (AvgIpc) is 3.23. The number of nitrogens with one attached hydrogen (secondary N) is 3. The molecule has 0 aliphatic carbocycles. The van der Waals surface area contributed by atoms with Gasteiger partial charge in [-0.25, -0.2) is 19.2 Å². The van der Waals surface area contributed by atoms with Crippen molar-refractivity contribution < 1.29 is 52.5 Å². The molecule has 0 heterocycles. The summed E-state index contributed by atoms with van der Waals surface area (Å²) in [5.41, 5.74) is 3.48. The number of rotatable bonds is 20. The number of carbonyl (C=O) groups is 6. The summed E-state index contributed by atoms with van der Waals surface area (Å²) < 4.78 is 25.4. The highest BCUT2D eigenvalue weighted by atomic mass is 16.6. The molecular weight excluding hydrogens is 746 g/mol. The van der Waals surface area contributed by atoms with Gasteiger partial charge < -0.3 is 39.6 Å². The molecule has 3 amide bonds. The van der Waals surface area contributed by atoms with Crippen molar-refractivity contribution >= 4 is 41.3 Å². The Kier molecular flexibility index (Phi) is 19.8. The second-order valence-corrected chi connectivity index (χ2v) is 12.2. The third kappa shape index (κ3) is 17.3. The van der Waals surface area contributed by atoms with Crippen LogP contribution in [0.1, 0.15) is 45.7 Å². The standard InChI is InChI=1S/C22H24N2O5.C22H23NO6/c1-16(2)21(26)29-15-14-28-13-12-23-22(27)24-19-10-8-18(9-11-19)20(25)17-6-4-3-5-7-17;1-16(2)21(25)28-15-14-27-13-12-23-22(26)29-19-10-8-18(9-11-19)20(24)17-6-4-3-5-7-17/h3-11H,1,12-15H2,2H3,(H2,23,24,27);3-11H,1,12-15H2,2H3,(H,23,26). The number of anilines is 1. The Hall–Kier alpha value is -6.90. The molecule has 304 valence electrons. The maximum absolute atomic E-state index is 12.4. The van der Waals surface area contributed by atoms with Gasteiger partial charge in [0.1, 0.15) is 19.0 Å². The van der Waals surface area contributed by atoms with Crippen LogP contribution in [0.15, 0.2) is 133 Å². The SMILES string of the molecule is C=C(C)C(=O)OCCOCCNC(=O)Nc1ccc(C(=O)c2ccccc2)cc1.C=C(C)C(=O)OCCOCCNC(=O)Oc1ccc(C(=O)c2ccccc2)cc1. The first-order valence-electron chi connectivity index (χ1n) is 18.2. The summed E-state index contributed by atoms with van der Waals surface area (Å²) in [5.74, 6) is -0.783. The smallest absolute Gasteiger partial charge is 0.412 e. The molecule has 0 aliphatic heterocycles. The first-order chi connectivity index (χ1) is 27.9. The van der Waals surface area contributed by atoms with Crippen molar-refractivity contribution in [3.63, 3.8) is 0 Å². The lowest BCUT2D eigenvalue weighted by Gasteiger charge is -2.09. The molecule has 14 nitrogen and oxygen atoms in total. The maximum Gasteiger partial charge on any atom is 0.412 e. The van der Waals surface area contributed by atoms with Crippen LogP contribution in [0, 0.1) is 0 Å². The monoisotopic (exact) mass is 793 g/mol. The number of ketones is 2. The molecule has 0 bridgehead atoms. The van der Waals surface area contributed by atoms with Crippen molar-refractivity contribution in [2.75, 3.05) is 58.0 Å². The summed E-state index contributed by atoms with van der Waals surface area (Å²) in [6.45, 7) is 11.8. The molecule has 0 radical (unpaired) electrons. The molecule has 0 spiro atoms. The minimum absolute atomic E-state index is 0.0762. The predicted molar refractivity (Wildman–Crippen MR) is 217 cm³/mol. The highest BCUT2D eigenvalue weighted by Gasteiger charge is 2.11. The van der Waals surface area contributed by atoms with Gasteiger partial charge in [-0.15, -0.1) is 0 Å². The van der Waals surface area contributed by atoms with E-state index in [0.717, 1.165) is 0 Å². The lowest BCUT2D eigenvalue weighted by molar-refractivity contribution is -0.141. The van der Waals surface area contributed by atoms with Crippen LogP contribution >= 0.6 is 0 Å². The number of carbonyl (C=O) groups excluding carboxylic acids is 6. The molecule has 0 fully saturated rings. The average molecular weight is 794 g/mol. The van der Waals surface area contributed by atoms with E-state index in [1.807, 2.05) is 24.3 Å². The van der Waals surface area contributed by atoms with E-state index in [0.29, 0.717) is 51.4 Å². The van der Waals surface area contributed by atoms with Crippen molar-refractivity contribution in [1.82, 2.24) is 10.6 Å². The van der Waals surface area contributed by atoms with E-state index >= 15 is 0 Å². The Morgan fingerprint density at radius 3 is 1.36 bits per heavy atom. The fraction of sp³-hybridized carbons (Fsp3) is 0.227. The van der Waals surface area contributed by atoms with Crippen LogP contribution < -0.4 is 20.7 Å². The molecule has 3 N–H and O–H groups in total. The van der Waals surface area contributed by atoms with Crippen molar-refractivity contribution in [3.05, 3.63) is 156 Å².